The molecule has 0 saturated carbocycles. The first-order valence-electron chi connectivity index (χ1n) is 6.53. The van der Waals surface area contributed by atoms with E-state index in [-0.39, 0.29) is 12.3 Å². The maximum Gasteiger partial charge on any atom is 0.309 e. The van der Waals surface area contributed by atoms with Crippen LogP contribution in [0.3, 0.4) is 0 Å². The molecule has 1 aromatic rings. The number of carbonyl (C=O) groups excluding carboxylic acids is 1. The van der Waals surface area contributed by atoms with Crippen molar-refractivity contribution in [2.45, 2.75) is 6.42 Å². The smallest absolute Gasteiger partial charge is 0.309 e. The molecule has 3 N–H and O–H groups in total. The number of amides is 1. The van der Waals surface area contributed by atoms with Crippen LogP contribution >= 0.6 is 0 Å². The third kappa shape index (κ3) is 4.60. The first-order chi connectivity index (χ1) is 9.63. The van der Waals surface area contributed by atoms with Crippen molar-refractivity contribution in [3.63, 3.8) is 0 Å². The Morgan fingerprint density at radius 2 is 2.10 bits per heavy atom. The highest BCUT2D eigenvalue weighted by atomic mass is 16.4. The monoisotopic (exact) mass is 278 g/mol. The summed E-state index contributed by atoms with van der Waals surface area (Å²) in [6.07, 6.45) is 1.36. The summed E-state index contributed by atoms with van der Waals surface area (Å²) in [6, 6.07) is 3.27. The zero-order valence-corrected chi connectivity index (χ0v) is 11.1. The fraction of sp³-hybridized carbons (Fsp3) is 0.462. The number of carboxylic acids is 1. The largest absolute Gasteiger partial charge is 0.481 e. The molecule has 0 spiro atoms. The van der Waals surface area contributed by atoms with Crippen molar-refractivity contribution < 1.29 is 14.7 Å². The van der Waals surface area contributed by atoms with Crippen LogP contribution in [0.25, 0.3) is 0 Å². The number of nitrogens with zero attached hydrogens (tertiary/aromatic N) is 2. The number of pyridine rings is 1. The molecular formula is C13H18N4O3. The normalized spacial score (nSPS) is 15.8. The van der Waals surface area contributed by atoms with Crippen molar-refractivity contribution in [3.05, 3.63) is 24.0 Å². The Bertz CT molecular complexity index is 469. The average molecular weight is 278 g/mol. The number of anilines is 1. The van der Waals surface area contributed by atoms with Crippen molar-refractivity contribution in [1.29, 1.82) is 0 Å². The van der Waals surface area contributed by atoms with E-state index in [0.717, 1.165) is 26.2 Å². The van der Waals surface area contributed by atoms with E-state index in [1.165, 1.54) is 6.20 Å². The number of hydrogen-bond acceptors (Lipinski definition) is 5. The summed E-state index contributed by atoms with van der Waals surface area (Å²) in [6.45, 7) is 3.89. The van der Waals surface area contributed by atoms with E-state index in [1.807, 2.05) is 0 Å². The van der Waals surface area contributed by atoms with Crippen molar-refractivity contribution in [3.8, 4) is 0 Å². The standard InChI is InChI=1S/C13H18N4O3/c18-12(9-17-5-3-14-4-6-17)16-11-2-1-10(15-8-11)7-13(19)20/h1-2,8,14H,3-7,9H2,(H,16,18)(H,19,20). The van der Waals surface area contributed by atoms with Crippen LogP contribution in [-0.4, -0.2) is 59.6 Å². The summed E-state index contributed by atoms with van der Waals surface area (Å²) in [5, 5.41) is 14.6. The Morgan fingerprint density at radius 1 is 1.35 bits per heavy atom. The fourth-order valence-corrected chi connectivity index (χ4v) is 2.03. The van der Waals surface area contributed by atoms with Gasteiger partial charge in [-0.15, -0.1) is 0 Å². The molecule has 1 aliphatic heterocycles. The molecule has 0 bridgehead atoms. The molecule has 1 amide bonds. The van der Waals surface area contributed by atoms with Crippen LogP contribution in [0.1, 0.15) is 5.69 Å². The molecule has 20 heavy (non-hydrogen) atoms. The third-order valence-corrected chi connectivity index (χ3v) is 3.02. The number of hydrogen-bond donors (Lipinski definition) is 3. The minimum Gasteiger partial charge on any atom is -0.481 e. The molecule has 1 fully saturated rings. The maximum absolute atomic E-state index is 11.8. The second-order valence-electron chi connectivity index (χ2n) is 4.68. The molecule has 0 radical (unpaired) electrons. The van der Waals surface area contributed by atoms with E-state index in [9.17, 15) is 9.59 Å². The lowest BCUT2D eigenvalue weighted by atomic mass is 10.2. The first-order valence-corrected chi connectivity index (χ1v) is 6.53. The highest BCUT2D eigenvalue weighted by molar-refractivity contribution is 5.92. The second kappa shape index (κ2) is 6.97. The van der Waals surface area contributed by atoms with E-state index in [2.05, 4.69) is 20.5 Å². The van der Waals surface area contributed by atoms with Crippen LogP contribution in [0.4, 0.5) is 5.69 Å². The Balaban J connectivity index is 1.82. The van der Waals surface area contributed by atoms with Gasteiger partial charge in [-0.25, -0.2) is 0 Å². The topological polar surface area (TPSA) is 94.6 Å². The third-order valence-electron chi connectivity index (χ3n) is 3.02. The molecule has 0 unspecified atom stereocenters. The molecule has 2 heterocycles. The van der Waals surface area contributed by atoms with Crippen LogP contribution < -0.4 is 10.6 Å². The maximum atomic E-state index is 11.8. The SMILES string of the molecule is O=C(O)Cc1ccc(NC(=O)CN2CCNCC2)cn1. The molecule has 1 saturated heterocycles. The van der Waals surface area contributed by atoms with Gasteiger partial charge in [0.2, 0.25) is 5.91 Å². The van der Waals surface area contributed by atoms with Crippen molar-refractivity contribution in [2.75, 3.05) is 38.0 Å². The van der Waals surface area contributed by atoms with Gasteiger partial charge < -0.3 is 15.7 Å². The van der Waals surface area contributed by atoms with Gasteiger partial charge in [0.1, 0.15) is 0 Å². The molecule has 1 aromatic heterocycles. The van der Waals surface area contributed by atoms with Crippen LogP contribution in [0.15, 0.2) is 18.3 Å². The van der Waals surface area contributed by atoms with Gasteiger partial charge in [-0.05, 0) is 12.1 Å². The predicted octanol–water partition coefficient (Wildman–Crippen LogP) is -0.448. The van der Waals surface area contributed by atoms with Gasteiger partial charge in [0.25, 0.3) is 0 Å². The molecule has 1 aliphatic rings. The molecule has 108 valence electrons. The number of nitrogens with one attached hydrogen (secondary N) is 2. The number of aromatic nitrogens is 1. The van der Waals surface area contributed by atoms with E-state index in [0.29, 0.717) is 17.9 Å². The molecular weight excluding hydrogens is 260 g/mol. The summed E-state index contributed by atoms with van der Waals surface area (Å²) in [4.78, 5) is 28.5. The summed E-state index contributed by atoms with van der Waals surface area (Å²) >= 11 is 0. The van der Waals surface area contributed by atoms with E-state index < -0.39 is 5.97 Å². The zero-order valence-electron chi connectivity index (χ0n) is 11.1. The quantitative estimate of drug-likeness (QED) is 0.675. The molecule has 7 nitrogen and oxygen atoms in total. The van der Waals surface area contributed by atoms with Crippen LogP contribution in [0, 0.1) is 0 Å². The van der Waals surface area contributed by atoms with Crippen molar-refractivity contribution in [2.24, 2.45) is 0 Å². The van der Waals surface area contributed by atoms with Gasteiger partial charge in [0, 0.05) is 26.2 Å². The lowest BCUT2D eigenvalue weighted by Gasteiger charge is -2.26. The number of carboxylic acid groups (broad SMARTS) is 1. The molecule has 0 aliphatic carbocycles. The number of rotatable bonds is 5. The van der Waals surface area contributed by atoms with Gasteiger partial charge in [-0.3, -0.25) is 19.5 Å². The Hall–Kier alpha value is -1.99. The molecule has 7 heteroatoms. The van der Waals surface area contributed by atoms with Gasteiger partial charge in [-0.1, -0.05) is 0 Å². The summed E-state index contributed by atoms with van der Waals surface area (Å²) in [5.74, 6) is -1.01. The Morgan fingerprint density at radius 3 is 2.70 bits per heavy atom. The Labute approximate surface area is 117 Å². The minimum absolute atomic E-state index is 0.0836. The lowest BCUT2D eigenvalue weighted by molar-refractivity contribution is -0.136. The van der Waals surface area contributed by atoms with Crippen LogP contribution in [0.2, 0.25) is 0 Å². The number of carbonyl (C=O) groups is 2. The van der Waals surface area contributed by atoms with E-state index >= 15 is 0 Å². The lowest BCUT2D eigenvalue weighted by Crippen LogP contribution is -2.46. The molecule has 2 rings (SSSR count). The molecule has 0 atom stereocenters. The summed E-state index contributed by atoms with van der Waals surface area (Å²) in [7, 11) is 0. The minimum atomic E-state index is -0.923. The van der Waals surface area contributed by atoms with Gasteiger partial charge in [0.05, 0.1) is 30.5 Å². The summed E-state index contributed by atoms with van der Waals surface area (Å²) in [5.41, 5.74) is 1.05. The average Bonchev–Trinajstić information content (AvgIpc) is 2.41. The predicted molar refractivity (Wildman–Crippen MR) is 73.5 cm³/mol. The molecule has 0 aromatic carbocycles. The summed E-state index contributed by atoms with van der Waals surface area (Å²) < 4.78 is 0. The Kier molecular flexibility index (Phi) is 5.03. The second-order valence-corrected chi connectivity index (χ2v) is 4.68. The van der Waals surface area contributed by atoms with Gasteiger partial charge in [0.15, 0.2) is 0 Å². The van der Waals surface area contributed by atoms with Crippen molar-refractivity contribution in [1.82, 2.24) is 15.2 Å². The van der Waals surface area contributed by atoms with E-state index in [1.54, 1.807) is 12.1 Å². The van der Waals surface area contributed by atoms with Gasteiger partial charge >= 0.3 is 5.97 Å². The number of aliphatic carboxylic acids is 1. The van der Waals surface area contributed by atoms with Crippen molar-refractivity contribution >= 4 is 17.6 Å². The van der Waals surface area contributed by atoms with Crippen LogP contribution in [-0.2, 0) is 16.0 Å². The van der Waals surface area contributed by atoms with Gasteiger partial charge in [-0.2, -0.15) is 0 Å². The number of piperazine rings is 1. The van der Waals surface area contributed by atoms with Crippen LogP contribution in [0.5, 0.6) is 0 Å². The van der Waals surface area contributed by atoms with E-state index in [4.69, 9.17) is 5.11 Å². The zero-order chi connectivity index (χ0) is 14.4. The fourth-order valence-electron chi connectivity index (χ4n) is 2.03. The highest BCUT2D eigenvalue weighted by Gasteiger charge is 2.13. The first kappa shape index (κ1) is 14.4. The highest BCUT2D eigenvalue weighted by Crippen LogP contribution is 2.07.